The van der Waals surface area contributed by atoms with Crippen molar-refractivity contribution in [3.8, 4) is 0 Å². The number of imidazole rings is 1. The van der Waals surface area contributed by atoms with E-state index in [2.05, 4.69) is 15.6 Å². The van der Waals surface area contributed by atoms with Crippen LogP contribution >= 0.6 is 11.8 Å². The number of nitrogens with zero attached hydrogens (tertiary/aromatic N) is 2. The van der Waals surface area contributed by atoms with E-state index in [1.807, 2.05) is 42.1 Å². The molecule has 0 aliphatic carbocycles. The highest BCUT2D eigenvalue weighted by molar-refractivity contribution is 7.98. The third-order valence-electron chi connectivity index (χ3n) is 4.28. The van der Waals surface area contributed by atoms with Gasteiger partial charge in [0.1, 0.15) is 11.9 Å². The molecule has 27 heavy (non-hydrogen) atoms. The molecule has 0 bridgehead atoms. The number of rotatable bonds is 8. The second-order valence-corrected chi connectivity index (χ2v) is 7.06. The molecule has 1 unspecified atom stereocenters. The molecule has 0 saturated heterocycles. The lowest BCUT2D eigenvalue weighted by Gasteiger charge is -2.17. The SMILES string of the molecule is CSCCC(NC(=O)c1ccco1)C(=O)NCc1nc2ccccc2n1C. The van der Waals surface area contributed by atoms with Gasteiger partial charge in [-0.1, -0.05) is 12.1 Å². The number of aryl methyl sites for hydroxylation is 1. The van der Waals surface area contributed by atoms with Crippen molar-refractivity contribution in [1.82, 2.24) is 20.2 Å². The normalized spacial score (nSPS) is 12.1. The molecule has 0 saturated carbocycles. The fourth-order valence-corrected chi connectivity index (χ4v) is 3.26. The van der Waals surface area contributed by atoms with Crippen molar-refractivity contribution in [2.24, 2.45) is 7.05 Å². The van der Waals surface area contributed by atoms with E-state index in [0.717, 1.165) is 22.6 Å². The molecule has 2 amide bonds. The molecule has 142 valence electrons. The van der Waals surface area contributed by atoms with Crippen LogP contribution in [0.25, 0.3) is 11.0 Å². The summed E-state index contributed by atoms with van der Waals surface area (Å²) in [6.45, 7) is 0.288. The highest BCUT2D eigenvalue weighted by Gasteiger charge is 2.22. The Morgan fingerprint density at radius 2 is 2.07 bits per heavy atom. The fourth-order valence-electron chi connectivity index (χ4n) is 2.78. The van der Waals surface area contributed by atoms with Gasteiger partial charge in [0.2, 0.25) is 5.91 Å². The van der Waals surface area contributed by atoms with Gasteiger partial charge in [-0.15, -0.1) is 0 Å². The van der Waals surface area contributed by atoms with Crippen LogP contribution in [0.4, 0.5) is 0 Å². The molecular formula is C19H22N4O3S. The minimum atomic E-state index is -0.635. The molecule has 0 spiro atoms. The molecule has 0 aliphatic heterocycles. The van der Waals surface area contributed by atoms with Crippen LogP contribution in [-0.2, 0) is 18.4 Å². The highest BCUT2D eigenvalue weighted by atomic mass is 32.2. The first-order valence-electron chi connectivity index (χ1n) is 8.61. The Morgan fingerprint density at radius 1 is 1.26 bits per heavy atom. The van der Waals surface area contributed by atoms with Gasteiger partial charge in [0.05, 0.1) is 23.8 Å². The fraction of sp³-hybridized carbons (Fsp3) is 0.316. The highest BCUT2D eigenvalue weighted by Crippen LogP contribution is 2.14. The number of fused-ring (bicyclic) bond motifs is 1. The summed E-state index contributed by atoms with van der Waals surface area (Å²) in [6, 6.07) is 10.4. The van der Waals surface area contributed by atoms with E-state index in [0.29, 0.717) is 6.42 Å². The van der Waals surface area contributed by atoms with Crippen molar-refractivity contribution in [1.29, 1.82) is 0 Å². The minimum Gasteiger partial charge on any atom is -0.459 e. The summed E-state index contributed by atoms with van der Waals surface area (Å²) in [4.78, 5) is 29.4. The number of carbonyl (C=O) groups is 2. The molecule has 1 aromatic carbocycles. The van der Waals surface area contributed by atoms with Crippen LogP contribution in [0.5, 0.6) is 0 Å². The number of amides is 2. The largest absolute Gasteiger partial charge is 0.459 e. The predicted octanol–water partition coefficient (Wildman–Crippen LogP) is 2.33. The van der Waals surface area contributed by atoms with Gasteiger partial charge in [0, 0.05) is 7.05 Å². The number of nitrogens with one attached hydrogen (secondary N) is 2. The summed E-state index contributed by atoms with van der Waals surface area (Å²) in [6.07, 6.45) is 3.92. The molecule has 2 N–H and O–H groups in total. The molecule has 8 heteroatoms. The van der Waals surface area contributed by atoms with Crippen LogP contribution in [0.2, 0.25) is 0 Å². The average Bonchev–Trinajstić information content (AvgIpc) is 3.32. The van der Waals surface area contributed by atoms with Gasteiger partial charge in [-0.05, 0) is 42.7 Å². The Balaban J connectivity index is 1.66. The van der Waals surface area contributed by atoms with Crippen LogP contribution in [0.3, 0.4) is 0 Å². The molecule has 0 radical (unpaired) electrons. The van der Waals surface area contributed by atoms with Gasteiger partial charge in [-0.3, -0.25) is 9.59 Å². The van der Waals surface area contributed by atoms with Crippen molar-refractivity contribution in [2.45, 2.75) is 19.0 Å². The van der Waals surface area contributed by atoms with E-state index in [4.69, 9.17) is 4.42 Å². The number of thioether (sulfide) groups is 1. The zero-order valence-corrected chi connectivity index (χ0v) is 16.1. The summed E-state index contributed by atoms with van der Waals surface area (Å²) in [5.41, 5.74) is 1.89. The van der Waals surface area contributed by atoms with E-state index < -0.39 is 11.9 Å². The maximum atomic E-state index is 12.7. The Hall–Kier alpha value is -2.74. The van der Waals surface area contributed by atoms with E-state index >= 15 is 0 Å². The summed E-state index contributed by atoms with van der Waals surface area (Å²) in [7, 11) is 1.92. The van der Waals surface area contributed by atoms with Crippen LogP contribution in [0.15, 0.2) is 47.1 Å². The maximum Gasteiger partial charge on any atom is 0.287 e. The second-order valence-electron chi connectivity index (χ2n) is 6.08. The van der Waals surface area contributed by atoms with Gasteiger partial charge in [-0.2, -0.15) is 11.8 Å². The van der Waals surface area contributed by atoms with Crippen LogP contribution < -0.4 is 10.6 Å². The lowest BCUT2D eigenvalue weighted by molar-refractivity contribution is -0.123. The van der Waals surface area contributed by atoms with Crippen molar-refractivity contribution < 1.29 is 14.0 Å². The van der Waals surface area contributed by atoms with E-state index in [-0.39, 0.29) is 18.2 Å². The standard InChI is InChI=1S/C19H22N4O3S/c1-23-15-7-4-3-6-13(15)21-17(23)12-20-18(24)14(9-11-27-2)22-19(25)16-8-5-10-26-16/h3-8,10,14H,9,11-12H2,1-2H3,(H,20,24)(H,22,25). The number of aromatic nitrogens is 2. The molecule has 0 fully saturated rings. The number of furan rings is 1. The molecule has 7 nitrogen and oxygen atoms in total. The predicted molar refractivity (Wildman–Crippen MR) is 106 cm³/mol. The molecule has 3 aromatic rings. The first-order chi connectivity index (χ1) is 13.1. The van der Waals surface area contributed by atoms with Crippen LogP contribution in [0, 0.1) is 0 Å². The number of benzene rings is 1. The van der Waals surface area contributed by atoms with Gasteiger partial charge >= 0.3 is 0 Å². The van der Waals surface area contributed by atoms with Crippen LogP contribution in [-0.4, -0.2) is 39.4 Å². The number of para-hydroxylation sites is 2. The average molecular weight is 386 g/mol. The first-order valence-corrected chi connectivity index (χ1v) is 10.0. The quantitative estimate of drug-likeness (QED) is 0.620. The Labute approximate surface area is 161 Å². The molecule has 2 heterocycles. The lowest BCUT2D eigenvalue weighted by atomic mass is 10.2. The summed E-state index contributed by atoms with van der Waals surface area (Å²) >= 11 is 1.62. The second kappa shape index (κ2) is 8.77. The van der Waals surface area contributed by atoms with Crippen molar-refractivity contribution in [3.05, 3.63) is 54.2 Å². The molecule has 3 rings (SSSR count). The molecule has 0 aliphatic rings. The summed E-state index contributed by atoms with van der Waals surface area (Å²) < 4.78 is 7.05. The van der Waals surface area contributed by atoms with Crippen LogP contribution in [0.1, 0.15) is 22.8 Å². The smallest absolute Gasteiger partial charge is 0.287 e. The van der Waals surface area contributed by atoms with Crippen molar-refractivity contribution in [2.75, 3.05) is 12.0 Å². The summed E-state index contributed by atoms with van der Waals surface area (Å²) in [5.74, 6) is 1.06. The maximum absolute atomic E-state index is 12.7. The molecular weight excluding hydrogens is 364 g/mol. The Kier molecular flexibility index (Phi) is 6.18. The summed E-state index contributed by atoms with van der Waals surface area (Å²) in [5, 5.41) is 5.63. The number of carbonyl (C=O) groups excluding carboxylic acids is 2. The zero-order valence-electron chi connectivity index (χ0n) is 15.3. The van der Waals surface area contributed by atoms with E-state index in [1.54, 1.807) is 23.9 Å². The van der Waals surface area contributed by atoms with Crippen molar-refractivity contribution >= 4 is 34.6 Å². The molecule has 2 aromatic heterocycles. The van der Waals surface area contributed by atoms with Gasteiger partial charge < -0.3 is 19.6 Å². The Morgan fingerprint density at radius 3 is 2.78 bits per heavy atom. The van der Waals surface area contributed by atoms with Gasteiger partial charge in [0.25, 0.3) is 5.91 Å². The Bertz CT molecular complexity index is 920. The molecule has 1 atom stereocenters. The third-order valence-corrected chi connectivity index (χ3v) is 4.92. The lowest BCUT2D eigenvalue weighted by Crippen LogP contribution is -2.47. The van der Waals surface area contributed by atoms with E-state index in [1.165, 1.54) is 6.26 Å². The van der Waals surface area contributed by atoms with Crippen molar-refractivity contribution in [3.63, 3.8) is 0 Å². The van der Waals surface area contributed by atoms with Gasteiger partial charge in [0.15, 0.2) is 5.76 Å². The zero-order chi connectivity index (χ0) is 19.2. The van der Waals surface area contributed by atoms with E-state index in [9.17, 15) is 9.59 Å². The third kappa shape index (κ3) is 4.51. The van der Waals surface area contributed by atoms with Gasteiger partial charge in [-0.25, -0.2) is 4.98 Å². The number of hydrogen-bond donors (Lipinski definition) is 2. The monoisotopic (exact) mass is 386 g/mol. The first kappa shape index (κ1) is 19.0. The topological polar surface area (TPSA) is 89.2 Å². The minimum absolute atomic E-state index is 0.187. The number of hydrogen-bond acceptors (Lipinski definition) is 5.